The molecule has 0 unspecified atom stereocenters. The Morgan fingerprint density at radius 2 is 2.18 bits per heavy atom. The van der Waals surface area contributed by atoms with Crippen LogP contribution in [0.4, 0.5) is 0 Å². The van der Waals surface area contributed by atoms with Crippen LogP contribution in [0.5, 0.6) is 0 Å². The highest BCUT2D eigenvalue weighted by atomic mass is 79.9. The van der Waals surface area contributed by atoms with Gasteiger partial charge in [-0.3, -0.25) is 4.79 Å². The predicted octanol–water partition coefficient (Wildman–Crippen LogP) is 2.55. The molecule has 0 spiro atoms. The Kier molecular flexibility index (Phi) is 2.95. The van der Waals surface area contributed by atoms with Crippen molar-refractivity contribution in [1.29, 1.82) is 0 Å². The normalized spacial score (nSPS) is 11.8. The van der Waals surface area contributed by atoms with Crippen LogP contribution in [0.1, 0.15) is 19.7 Å². The van der Waals surface area contributed by atoms with E-state index in [4.69, 9.17) is 4.74 Å². The number of hydrogen-bond donors (Lipinski definition) is 0. The molecular weight excluding hydrogens is 284 g/mol. The van der Waals surface area contributed by atoms with Crippen LogP contribution >= 0.6 is 15.9 Å². The number of imidazole rings is 1. The molecular formula is C12H13BrN2O2. The fraction of sp³-hybridized carbons (Fsp3) is 0.333. The molecule has 0 fully saturated rings. The first-order valence-corrected chi connectivity index (χ1v) is 5.99. The van der Waals surface area contributed by atoms with E-state index in [9.17, 15) is 4.79 Å². The lowest BCUT2D eigenvalue weighted by Crippen LogP contribution is -2.32. The van der Waals surface area contributed by atoms with Crippen LogP contribution in [0.3, 0.4) is 0 Å². The summed E-state index contributed by atoms with van der Waals surface area (Å²) in [6.45, 7) is 3.60. The predicted molar refractivity (Wildman–Crippen MR) is 67.9 cm³/mol. The first kappa shape index (κ1) is 12.1. The van der Waals surface area contributed by atoms with Gasteiger partial charge in [0.2, 0.25) is 0 Å². The first-order valence-electron chi connectivity index (χ1n) is 5.20. The van der Waals surface area contributed by atoms with Gasteiger partial charge >= 0.3 is 5.97 Å². The van der Waals surface area contributed by atoms with Gasteiger partial charge in [0.25, 0.3) is 0 Å². The minimum absolute atomic E-state index is 0.305. The standard InChI is InChI=1S/C12H13BrN2O2/c1-12(2,11(16)17-3)10-14-9(13)8-6-4-5-7-15(8)10/h4-7H,1-3H3. The Bertz CT molecular complexity index is 575. The van der Waals surface area contributed by atoms with Crippen LogP contribution in [0.25, 0.3) is 5.52 Å². The number of ether oxygens (including phenoxy) is 1. The second kappa shape index (κ2) is 4.14. The number of carbonyl (C=O) groups is 1. The van der Waals surface area contributed by atoms with Crippen LogP contribution in [-0.4, -0.2) is 22.5 Å². The van der Waals surface area contributed by atoms with Gasteiger partial charge in [-0.15, -0.1) is 0 Å². The van der Waals surface area contributed by atoms with Crippen molar-refractivity contribution in [1.82, 2.24) is 9.38 Å². The number of rotatable bonds is 2. The Hall–Kier alpha value is -1.36. The topological polar surface area (TPSA) is 43.6 Å². The summed E-state index contributed by atoms with van der Waals surface area (Å²) in [6.07, 6.45) is 1.88. The molecule has 4 nitrogen and oxygen atoms in total. The quantitative estimate of drug-likeness (QED) is 0.800. The van der Waals surface area contributed by atoms with Gasteiger partial charge < -0.3 is 9.14 Å². The van der Waals surface area contributed by atoms with Gasteiger partial charge in [0.05, 0.1) is 12.6 Å². The summed E-state index contributed by atoms with van der Waals surface area (Å²) in [5, 5.41) is 0. The highest BCUT2D eigenvalue weighted by molar-refractivity contribution is 9.10. The number of esters is 1. The summed E-state index contributed by atoms with van der Waals surface area (Å²) in [5.74, 6) is 0.354. The number of hydrogen-bond acceptors (Lipinski definition) is 3. The molecule has 0 bridgehead atoms. The third kappa shape index (κ3) is 1.84. The number of nitrogens with zero attached hydrogens (tertiary/aromatic N) is 2. The molecule has 5 heteroatoms. The molecule has 0 aliphatic heterocycles. The van der Waals surface area contributed by atoms with Crippen LogP contribution in [0, 0.1) is 0 Å². The lowest BCUT2D eigenvalue weighted by Gasteiger charge is -2.19. The molecule has 2 aromatic heterocycles. The molecule has 0 aromatic carbocycles. The highest BCUT2D eigenvalue weighted by Gasteiger charge is 2.35. The van der Waals surface area contributed by atoms with Crippen molar-refractivity contribution in [2.45, 2.75) is 19.3 Å². The molecule has 0 atom stereocenters. The van der Waals surface area contributed by atoms with E-state index < -0.39 is 5.41 Å². The second-order valence-corrected chi connectivity index (χ2v) is 5.05. The Balaban J connectivity index is 2.68. The number of pyridine rings is 1. The van der Waals surface area contributed by atoms with Crippen molar-refractivity contribution >= 4 is 27.4 Å². The van der Waals surface area contributed by atoms with Crippen molar-refractivity contribution in [3.05, 3.63) is 34.8 Å². The molecule has 2 aromatic rings. The highest BCUT2D eigenvalue weighted by Crippen LogP contribution is 2.28. The summed E-state index contributed by atoms with van der Waals surface area (Å²) in [4.78, 5) is 16.2. The number of carbonyl (C=O) groups excluding carboxylic acids is 1. The van der Waals surface area contributed by atoms with Crippen molar-refractivity contribution in [2.24, 2.45) is 0 Å². The van der Waals surface area contributed by atoms with Gasteiger partial charge in [-0.25, -0.2) is 4.98 Å². The summed E-state index contributed by atoms with van der Waals surface area (Å²) in [7, 11) is 1.38. The zero-order valence-corrected chi connectivity index (χ0v) is 11.5. The maximum Gasteiger partial charge on any atom is 0.318 e. The zero-order valence-electron chi connectivity index (χ0n) is 9.90. The summed E-state index contributed by atoms with van der Waals surface area (Å²) < 4.78 is 7.44. The third-order valence-electron chi connectivity index (χ3n) is 2.76. The van der Waals surface area contributed by atoms with Crippen molar-refractivity contribution < 1.29 is 9.53 Å². The van der Waals surface area contributed by atoms with E-state index in [1.165, 1.54) is 7.11 Å². The van der Waals surface area contributed by atoms with Crippen molar-refractivity contribution in [2.75, 3.05) is 7.11 Å². The van der Waals surface area contributed by atoms with E-state index in [0.717, 1.165) is 10.1 Å². The minimum atomic E-state index is -0.787. The molecule has 0 amide bonds. The fourth-order valence-corrected chi connectivity index (χ4v) is 2.28. The van der Waals surface area contributed by atoms with Gasteiger partial charge in [-0.1, -0.05) is 6.07 Å². The molecule has 0 saturated carbocycles. The van der Waals surface area contributed by atoms with Gasteiger partial charge in [-0.05, 0) is 41.9 Å². The number of halogens is 1. The zero-order chi connectivity index (χ0) is 12.6. The molecule has 0 aliphatic rings. The summed E-state index contributed by atoms with van der Waals surface area (Å²) in [5.41, 5.74) is 0.143. The lowest BCUT2D eigenvalue weighted by atomic mass is 9.92. The number of methoxy groups -OCH3 is 1. The molecule has 0 N–H and O–H groups in total. The van der Waals surface area contributed by atoms with Gasteiger partial charge in [-0.2, -0.15) is 0 Å². The van der Waals surface area contributed by atoms with Crippen molar-refractivity contribution in [3.8, 4) is 0 Å². The number of fused-ring (bicyclic) bond motifs is 1. The molecule has 90 valence electrons. The summed E-state index contributed by atoms with van der Waals surface area (Å²) in [6, 6.07) is 5.77. The third-order valence-corrected chi connectivity index (χ3v) is 3.34. The molecule has 2 rings (SSSR count). The smallest absolute Gasteiger partial charge is 0.318 e. The van der Waals surface area contributed by atoms with Gasteiger partial charge in [0.1, 0.15) is 15.8 Å². The maximum atomic E-state index is 11.8. The summed E-state index contributed by atoms with van der Waals surface area (Å²) >= 11 is 3.40. The molecule has 0 aliphatic carbocycles. The minimum Gasteiger partial charge on any atom is -0.468 e. The molecule has 0 saturated heterocycles. The fourth-order valence-electron chi connectivity index (χ4n) is 1.79. The largest absolute Gasteiger partial charge is 0.468 e. The lowest BCUT2D eigenvalue weighted by molar-refractivity contribution is -0.146. The monoisotopic (exact) mass is 296 g/mol. The van der Waals surface area contributed by atoms with E-state index in [0.29, 0.717) is 5.82 Å². The Morgan fingerprint density at radius 1 is 1.47 bits per heavy atom. The SMILES string of the molecule is COC(=O)C(C)(C)c1nc(Br)c2ccccn12. The van der Waals surface area contributed by atoms with E-state index in [-0.39, 0.29) is 5.97 Å². The molecule has 17 heavy (non-hydrogen) atoms. The maximum absolute atomic E-state index is 11.8. The van der Waals surface area contributed by atoms with E-state index in [1.807, 2.05) is 28.8 Å². The molecule has 0 radical (unpaired) electrons. The Morgan fingerprint density at radius 3 is 2.82 bits per heavy atom. The van der Waals surface area contributed by atoms with Crippen LogP contribution in [0.2, 0.25) is 0 Å². The first-order chi connectivity index (χ1) is 7.98. The second-order valence-electron chi connectivity index (χ2n) is 4.30. The van der Waals surface area contributed by atoms with Crippen molar-refractivity contribution in [3.63, 3.8) is 0 Å². The van der Waals surface area contributed by atoms with Crippen LogP contribution in [0.15, 0.2) is 29.0 Å². The van der Waals surface area contributed by atoms with Gasteiger partial charge in [0.15, 0.2) is 0 Å². The van der Waals surface area contributed by atoms with Crippen LogP contribution in [-0.2, 0) is 14.9 Å². The average Bonchev–Trinajstić information content (AvgIpc) is 2.67. The average molecular weight is 297 g/mol. The molecule has 2 heterocycles. The van der Waals surface area contributed by atoms with E-state index >= 15 is 0 Å². The van der Waals surface area contributed by atoms with E-state index in [2.05, 4.69) is 20.9 Å². The van der Waals surface area contributed by atoms with Crippen LogP contribution < -0.4 is 0 Å². The Labute approximate surface area is 108 Å². The van der Waals surface area contributed by atoms with Gasteiger partial charge in [0, 0.05) is 6.20 Å². The number of aromatic nitrogens is 2. The van der Waals surface area contributed by atoms with E-state index in [1.54, 1.807) is 13.8 Å².